The third-order valence-corrected chi connectivity index (χ3v) is 4.47. The van der Waals surface area contributed by atoms with Gasteiger partial charge in [-0.3, -0.25) is 14.7 Å². The zero-order chi connectivity index (χ0) is 18.1. The second-order valence-corrected chi connectivity index (χ2v) is 6.11. The fourth-order valence-corrected chi connectivity index (χ4v) is 3.08. The SMILES string of the molecule is O=C(c1n[nH]c2ccccc2c1=O)N1CCOC(c2ccc(F)cc2)C1. The highest BCUT2D eigenvalue weighted by atomic mass is 19.1. The summed E-state index contributed by atoms with van der Waals surface area (Å²) in [5.41, 5.74) is 0.835. The first-order valence-corrected chi connectivity index (χ1v) is 8.27. The van der Waals surface area contributed by atoms with Crippen molar-refractivity contribution in [3.8, 4) is 0 Å². The highest BCUT2D eigenvalue weighted by molar-refractivity contribution is 5.95. The van der Waals surface area contributed by atoms with Gasteiger partial charge in [0.25, 0.3) is 5.91 Å². The van der Waals surface area contributed by atoms with Gasteiger partial charge >= 0.3 is 0 Å². The van der Waals surface area contributed by atoms with E-state index in [2.05, 4.69) is 10.2 Å². The summed E-state index contributed by atoms with van der Waals surface area (Å²) in [5, 5.41) is 7.16. The minimum Gasteiger partial charge on any atom is -0.370 e. The van der Waals surface area contributed by atoms with Crippen molar-refractivity contribution in [2.24, 2.45) is 0 Å². The first kappa shape index (κ1) is 16.4. The number of rotatable bonds is 2. The Morgan fingerprint density at radius 2 is 1.96 bits per heavy atom. The molecule has 26 heavy (non-hydrogen) atoms. The molecule has 0 radical (unpaired) electrons. The van der Waals surface area contributed by atoms with Crippen molar-refractivity contribution in [1.29, 1.82) is 0 Å². The maximum atomic E-state index is 13.1. The lowest BCUT2D eigenvalue weighted by Gasteiger charge is -2.32. The second-order valence-electron chi connectivity index (χ2n) is 6.11. The van der Waals surface area contributed by atoms with E-state index in [1.54, 1.807) is 41.3 Å². The van der Waals surface area contributed by atoms with Gasteiger partial charge in [-0.1, -0.05) is 24.3 Å². The Morgan fingerprint density at radius 1 is 1.19 bits per heavy atom. The minimum atomic E-state index is -0.438. The predicted molar refractivity (Wildman–Crippen MR) is 93.4 cm³/mol. The van der Waals surface area contributed by atoms with Crippen molar-refractivity contribution in [3.05, 3.63) is 75.8 Å². The number of carbonyl (C=O) groups excluding carboxylic acids is 1. The largest absolute Gasteiger partial charge is 0.370 e. The molecule has 0 aliphatic carbocycles. The van der Waals surface area contributed by atoms with Crippen molar-refractivity contribution < 1.29 is 13.9 Å². The van der Waals surface area contributed by atoms with Crippen LogP contribution in [0, 0.1) is 5.82 Å². The van der Waals surface area contributed by atoms with E-state index in [9.17, 15) is 14.0 Å². The number of aromatic nitrogens is 2. The van der Waals surface area contributed by atoms with Crippen molar-refractivity contribution in [2.45, 2.75) is 6.10 Å². The molecule has 7 heteroatoms. The maximum Gasteiger partial charge on any atom is 0.278 e. The summed E-state index contributed by atoms with van der Waals surface area (Å²) in [6, 6.07) is 12.9. The number of aromatic amines is 1. The Morgan fingerprint density at radius 3 is 2.77 bits per heavy atom. The highest BCUT2D eigenvalue weighted by Crippen LogP contribution is 2.23. The van der Waals surface area contributed by atoms with Crippen molar-refractivity contribution in [1.82, 2.24) is 15.1 Å². The maximum absolute atomic E-state index is 13.1. The average molecular weight is 353 g/mol. The molecule has 1 N–H and O–H groups in total. The lowest BCUT2D eigenvalue weighted by atomic mass is 10.1. The van der Waals surface area contributed by atoms with Crippen LogP contribution in [-0.4, -0.2) is 40.7 Å². The summed E-state index contributed by atoms with van der Waals surface area (Å²) in [6.07, 6.45) is -0.368. The van der Waals surface area contributed by atoms with Crippen LogP contribution in [0.25, 0.3) is 10.9 Å². The molecule has 0 bridgehead atoms. The zero-order valence-electron chi connectivity index (χ0n) is 13.8. The molecule has 4 rings (SSSR count). The summed E-state index contributed by atoms with van der Waals surface area (Å²) in [4.78, 5) is 27.0. The molecule has 1 amide bonds. The van der Waals surface area contributed by atoms with Gasteiger partial charge in [0.15, 0.2) is 5.69 Å². The topological polar surface area (TPSA) is 75.3 Å². The fourth-order valence-electron chi connectivity index (χ4n) is 3.08. The molecule has 1 atom stereocenters. The molecule has 6 nitrogen and oxygen atoms in total. The summed E-state index contributed by atoms with van der Waals surface area (Å²) >= 11 is 0. The molecule has 1 aromatic heterocycles. The number of morpholine rings is 1. The number of halogens is 1. The van der Waals surface area contributed by atoms with E-state index in [-0.39, 0.29) is 24.2 Å². The minimum absolute atomic E-state index is 0.136. The molecule has 1 aliphatic rings. The monoisotopic (exact) mass is 353 g/mol. The zero-order valence-corrected chi connectivity index (χ0v) is 13.8. The van der Waals surface area contributed by atoms with Crippen molar-refractivity contribution >= 4 is 16.8 Å². The Bertz CT molecular complexity index is 1020. The molecule has 1 aliphatic heterocycles. The third kappa shape index (κ3) is 2.97. The van der Waals surface area contributed by atoms with Gasteiger partial charge in [0.2, 0.25) is 5.43 Å². The number of para-hydroxylation sites is 1. The number of amides is 1. The van der Waals surface area contributed by atoms with E-state index in [4.69, 9.17) is 4.74 Å². The summed E-state index contributed by atoms with van der Waals surface area (Å²) < 4.78 is 18.8. The smallest absolute Gasteiger partial charge is 0.278 e. The van der Waals surface area contributed by atoms with Gasteiger partial charge in [0, 0.05) is 11.9 Å². The molecule has 1 saturated heterocycles. The standard InChI is InChI=1S/C19H16FN3O3/c20-13-7-5-12(6-8-13)16-11-23(9-10-26-16)19(25)17-18(24)14-3-1-2-4-15(14)21-22-17/h1-8,16H,9-11H2,(H,21,24). The van der Waals surface area contributed by atoms with Gasteiger partial charge in [-0.15, -0.1) is 0 Å². The number of ether oxygens (including phenoxy) is 1. The lowest BCUT2D eigenvalue weighted by molar-refractivity contribution is -0.0231. The van der Waals surface area contributed by atoms with Crippen LogP contribution in [0.5, 0.6) is 0 Å². The van der Waals surface area contributed by atoms with Gasteiger partial charge in [0.05, 0.1) is 18.7 Å². The number of H-pyrrole nitrogens is 1. The molecule has 1 fully saturated rings. The van der Waals surface area contributed by atoms with Gasteiger partial charge in [0.1, 0.15) is 11.9 Å². The van der Waals surface area contributed by atoms with E-state index in [0.29, 0.717) is 24.1 Å². The molecular weight excluding hydrogens is 337 g/mol. The van der Waals surface area contributed by atoms with Crippen LogP contribution in [-0.2, 0) is 4.74 Å². The third-order valence-electron chi connectivity index (χ3n) is 4.47. The number of fused-ring (bicyclic) bond motifs is 1. The number of nitrogens with one attached hydrogen (secondary N) is 1. The summed E-state index contributed by atoms with van der Waals surface area (Å²) in [6.45, 7) is 0.974. The molecule has 132 valence electrons. The predicted octanol–water partition coefficient (Wildman–Crippen LogP) is 2.28. The number of hydrogen-bond donors (Lipinski definition) is 1. The van der Waals surface area contributed by atoms with Crippen molar-refractivity contribution in [3.63, 3.8) is 0 Å². The van der Waals surface area contributed by atoms with E-state index < -0.39 is 11.3 Å². The van der Waals surface area contributed by atoms with Crippen LogP contribution >= 0.6 is 0 Å². The number of hydrogen-bond acceptors (Lipinski definition) is 4. The average Bonchev–Trinajstić information content (AvgIpc) is 2.69. The van der Waals surface area contributed by atoms with Gasteiger partial charge < -0.3 is 9.64 Å². The first-order valence-electron chi connectivity index (χ1n) is 8.27. The molecule has 2 aromatic carbocycles. The van der Waals surface area contributed by atoms with Crippen LogP contribution < -0.4 is 5.43 Å². The van der Waals surface area contributed by atoms with Crippen LogP contribution in [0.3, 0.4) is 0 Å². The van der Waals surface area contributed by atoms with E-state index in [1.807, 2.05) is 0 Å². The van der Waals surface area contributed by atoms with Crippen LogP contribution in [0.1, 0.15) is 22.2 Å². The Labute approximate surface area is 148 Å². The number of benzene rings is 2. The highest BCUT2D eigenvalue weighted by Gasteiger charge is 2.28. The Balaban J connectivity index is 1.61. The normalized spacial score (nSPS) is 17.4. The first-order chi connectivity index (χ1) is 12.6. The Kier molecular flexibility index (Phi) is 4.22. The summed E-state index contributed by atoms with van der Waals surface area (Å²) in [7, 11) is 0. The quantitative estimate of drug-likeness (QED) is 0.767. The number of nitrogens with zero attached hydrogens (tertiary/aromatic N) is 2. The summed E-state index contributed by atoms with van der Waals surface area (Å²) in [5.74, 6) is -0.767. The molecule has 0 saturated carbocycles. The molecule has 1 unspecified atom stereocenters. The number of carbonyl (C=O) groups is 1. The Hall–Kier alpha value is -3.06. The van der Waals surface area contributed by atoms with Crippen LogP contribution in [0.2, 0.25) is 0 Å². The molecule has 2 heterocycles. The van der Waals surface area contributed by atoms with Crippen LogP contribution in [0.4, 0.5) is 4.39 Å². The second kappa shape index (κ2) is 6.68. The fraction of sp³-hybridized carbons (Fsp3) is 0.211. The van der Waals surface area contributed by atoms with E-state index >= 15 is 0 Å². The molecule has 0 spiro atoms. The van der Waals surface area contributed by atoms with Gasteiger partial charge in [-0.2, -0.15) is 5.10 Å². The lowest BCUT2D eigenvalue weighted by Crippen LogP contribution is -2.44. The molecule has 3 aromatic rings. The van der Waals surface area contributed by atoms with Crippen molar-refractivity contribution in [2.75, 3.05) is 19.7 Å². The van der Waals surface area contributed by atoms with Gasteiger partial charge in [-0.05, 0) is 29.8 Å². The van der Waals surface area contributed by atoms with E-state index in [1.165, 1.54) is 12.1 Å². The molecular formula is C19H16FN3O3. The van der Waals surface area contributed by atoms with Gasteiger partial charge in [-0.25, -0.2) is 4.39 Å². The van der Waals surface area contributed by atoms with Crippen LogP contribution in [0.15, 0.2) is 53.3 Å². The van der Waals surface area contributed by atoms with E-state index in [0.717, 1.165) is 5.56 Å².